The highest BCUT2D eigenvalue weighted by Crippen LogP contribution is 2.14. The van der Waals surface area contributed by atoms with E-state index in [2.05, 4.69) is 5.32 Å². The number of aryl methyl sites for hydroxylation is 1. The van der Waals surface area contributed by atoms with E-state index in [9.17, 15) is 9.59 Å². The minimum Gasteiger partial charge on any atom is -0.464 e. The van der Waals surface area contributed by atoms with Gasteiger partial charge in [0.05, 0.1) is 6.54 Å². The number of nitrogens with zero attached hydrogens (tertiary/aromatic N) is 1. The van der Waals surface area contributed by atoms with Crippen molar-refractivity contribution in [1.29, 1.82) is 0 Å². The molecule has 0 saturated carbocycles. The van der Waals surface area contributed by atoms with E-state index in [1.807, 2.05) is 19.1 Å². The molecule has 3 N–H and O–H groups in total. The van der Waals surface area contributed by atoms with Crippen molar-refractivity contribution in [1.82, 2.24) is 4.90 Å². The molecule has 0 spiro atoms. The Labute approximate surface area is 122 Å². The van der Waals surface area contributed by atoms with Gasteiger partial charge in [-0.1, -0.05) is 6.07 Å². The molecular formula is C15H17N3O3. The predicted octanol–water partition coefficient (Wildman–Crippen LogP) is 2.35. The average Bonchev–Trinajstić information content (AvgIpc) is 2.82. The summed E-state index contributed by atoms with van der Waals surface area (Å²) in [4.78, 5) is 24.7. The number of amides is 3. The fourth-order valence-electron chi connectivity index (χ4n) is 1.97. The molecule has 3 amide bonds. The number of anilines is 1. The average molecular weight is 287 g/mol. The van der Waals surface area contributed by atoms with Gasteiger partial charge in [-0.05, 0) is 37.3 Å². The monoisotopic (exact) mass is 287 g/mol. The van der Waals surface area contributed by atoms with Crippen LogP contribution in [0.3, 0.4) is 0 Å². The fourth-order valence-corrected chi connectivity index (χ4v) is 1.97. The number of hydrogen-bond acceptors (Lipinski definition) is 3. The van der Waals surface area contributed by atoms with Crippen LogP contribution in [0.4, 0.5) is 10.5 Å². The highest BCUT2D eigenvalue weighted by molar-refractivity contribution is 5.96. The summed E-state index contributed by atoms with van der Waals surface area (Å²) >= 11 is 0. The van der Waals surface area contributed by atoms with Gasteiger partial charge in [-0.3, -0.25) is 4.79 Å². The zero-order valence-electron chi connectivity index (χ0n) is 11.9. The number of urea groups is 1. The molecule has 6 nitrogen and oxygen atoms in total. The summed E-state index contributed by atoms with van der Waals surface area (Å²) in [6, 6.07) is 9.63. The molecule has 110 valence electrons. The van der Waals surface area contributed by atoms with E-state index in [-0.39, 0.29) is 5.91 Å². The van der Waals surface area contributed by atoms with Gasteiger partial charge in [-0.2, -0.15) is 0 Å². The SMILES string of the molecule is Cc1ccc(CN(C)C(=O)c2cccc(NC(N)=O)c2)o1. The minimum absolute atomic E-state index is 0.169. The summed E-state index contributed by atoms with van der Waals surface area (Å²) in [5, 5.41) is 2.44. The first-order valence-electron chi connectivity index (χ1n) is 6.43. The molecule has 2 aromatic rings. The largest absolute Gasteiger partial charge is 0.464 e. The van der Waals surface area contributed by atoms with Gasteiger partial charge in [0.15, 0.2) is 0 Å². The summed E-state index contributed by atoms with van der Waals surface area (Å²) in [7, 11) is 1.69. The molecule has 0 aliphatic heterocycles. The molecule has 0 saturated heterocycles. The smallest absolute Gasteiger partial charge is 0.316 e. The van der Waals surface area contributed by atoms with Crippen molar-refractivity contribution in [2.24, 2.45) is 5.73 Å². The first-order chi connectivity index (χ1) is 9.95. The van der Waals surface area contributed by atoms with Crippen LogP contribution in [0, 0.1) is 6.92 Å². The minimum atomic E-state index is -0.668. The van der Waals surface area contributed by atoms with Gasteiger partial charge >= 0.3 is 6.03 Å². The zero-order valence-corrected chi connectivity index (χ0v) is 11.9. The van der Waals surface area contributed by atoms with E-state index in [0.717, 1.165) is 11.5 Å². The van der Waals surface area contributed by atoms with Crippen LogP contribution in [0.25, 0.3) is 0 Å². The van der Waals surface area contributed by atoms with Crippen LogP contribution in [0.2, 0.25) is 0 Å². The maximum atomic E-state index is 12.3. The van der Waals surface area contributed by atoms with Gasteiger partial charge in [0.25, 0.3) is 5.91 Å². The maximum Gasteiger partial charge on any atom is 0.316 e. The van der Waals surface area contributed by atoms with Crippen LogP contribution in [0.15, 0.2) is 40.8 Å². The van der Waals surface area contributed by atoms with Crippen molar-refractivity contribution in [3.05, 3.63) is 53.5 Å². The van der Waals surface area contributed by atoms with Crippen molar-refractivity contribution in [2.75, 3.05) is 12.4 Å². The normalized spacial score (nSPS) is 10.2. The quantitative estimate of drug-likeness (QED) is 0.904. The molecule has 1 aromatic heterocycles. The number of nitrogens with one attached hydrogen (secondary N) is 1. The third-order valence-electron chi connectivity index (χ3n) is 2.91. The Bertz CT molecular complexity index is 664. The summed E-state index contributed by atoms with van der Waals surface area (Å²) in [5.41, 5.74) is 6.00. The number of furan rings is 1. The lowest BCUT2D eigenvalue weighted by molar-refractivity contribution is 0.0775. The number of rotatable bonds is 4. The number of benzene rings is 1. The Morgan fingerprint density at radius 3 is 2.67 bits per heavy atom. The highest BCUT2D eigenvalue weighted by atomic mass is 16.3. The summed E-state index contributed by atoms with van der Waals surface area (Å²) < 4.78 is 5.45. The first-order valence-corrected chi connectivity index (χ1v) is 6.43. The number of hydrogen-bond donors (Lipinski definition) is 2. The standard InChI is InChI=1S/C15H17N3O3/c1-10-6-7-13(21-10)9-18(2)14(19)11-4-3-5-12(8-11)17-15(16)20/h3-8H,9H2,1-2H3,(H3,16,17,20). The van der Waals surface area contributed by atoms with E-state index in [0.29, 0.717) is 17.8 Å². The van der Waals surface area contributed by atoms with Gasteiger partial charge in [0.1, 0.15) is 11.5 Å². The van der Waals surface area contributed by atoms with Crippen LogP contribution in [-0.4, -0.2) is 23.9 Å². The Kier molecular flexibility index (Phi) is 4.27. The maximum absolute atomic E-state index is 12.3. The number of nitrogens with two attached hydrogens (primary N) is 1. The molecule has 0 bridgehead atoms. The van der Waals surface area contributed by atoms with Gasteiger partial charge in [-0.25, -0.2) is 4.79 Å². The molecule has 0 unspecified atom stereocenters. The van der Waals surface area contributed by atoms with E-state index in [1.54, 1.807) is 36.2 Å². The van der Waals surface area contributed by atoms with Crippen molar-refractivity contribution >= 4 is 17.6 Å². The molecule has 0 fully saturated rings. The van der Waals surface area contributed by atoms with Crippen LogP contribution in [0.1, 0.15) is 21.9 Å². The molecule has 0 aliphatic carbocycles. The van der Waals surface area contributed by atoms with Crippen LogP contribution in [0.5, 0.6) is 0 Å². The van der Waals surface area contributed by atoms with Gasteiger partial charge in [-0.15, -0.1) is 0 Å². The predicted molar refractivity (Wildman–Crippen MR) is 78.9 cm³/mol. The van der Waals surface area contributed by atoms with Gasteiger partial charge < -0.3 is 20.4 Å². The lowest BCUT2D eigenvalue weighted by atomic mass is 10.1. The molecule has 0 aliphatic rings. The van der Waals surface area contributed by atoms with Crippen LogP contribution in [-0.2, 0) is 6.54 Å². The molecule has 1 aromatic carbocycles. The summed E-state index contributed by atoms with van der Waals surface area (Å²) in [6.07, 6.45) is 0. The number of carbonyl (C=O) groups is 2. The second-order valence-corrected chi connectivity index (χ2v) is 4.74. The van der Waals surface area contributed by atoms with E-state index < -0.39 is 6.03 Å². The number of carbonyl (C=O) groups excluding carboxylic acids is 2. The van der Waals surface area contributed by atoms with Crippen LogP contribution < -0.4 is 11.1 Å². The Morgan fingerprint density at radius 1 is 1.29 bits per heavy atom. The molecule has 6 heteroatoms. The second kappa shape index (κ2) is 6.13. The Balaban J connectivity index is 2.09. The topological polar surface area (TPSA) is 88.6 Å². The van der Waals surface area contributed by atoms with E-state index >= 15 is 0 Å². The van der Waals surface area contributed by atoms with Crippen LogP contribution >= 0.6 is 0 Å². The molecule has 1 heterocycles. The van der Waals surface area contributed by atoms with Crippen molar-refractivity contribution in [3.8, 4) is 0 Å². The molecule has 2 rings (SSSR count). The van der Waals surface area contributed by atoms with Crippen molar-refractivity contribution in [2.45, 2.75) is 13.5 Å². The van der Waals surface area contributed by atoms with Gasteiger partial charge in [0.2, 0.25) is 0 Å². The summed E-state index contributed by atoms with van der Waals surface area (Å²) in [6.45, 7) is 2.23. The molecule has 0 radical (unpaired) electrons. The first kappa shape index (κ1) is 14.6. The second-order valence-electron chi connectivity index (χ2n) is 4.74. The third kappa shape index (κ3) is 3.85. The third-order valence-corrected chi connectivity index (χ3v) is 2.91. The highest BCUT2D eigenvalue weighted by Gasteiger charge is 2.14. The summed E-state index contributed by atoms with van der Waals surface area (Å²) in [5.74, 6) is 1.35. The Morgan fingerprint density at radius 2 is 2.05 bits per heavy atom. The lowest BCUT2D eigenvalue weighted by Gasteiger charge is -2.16. The van der Waals surface area contributed by atoms with E-state index in [1.165, 1.54) is 0 Å². The molecular weight excluding hydrogens is 270 g/mol. The van der Waals surface area contributed by atoms with Crippen molar-refractivity contribution in [3.63, 3.8) is 0 Å². The van der Waals surface area contributed by atoms with E-state index in [4.69, 9.17) is 10.2 Å². The molecule has 0 atom stereocenters. The zero-order chi connectivity index (χ0) is 15.4. The Hall–Kier alpha value is -2.76. The molecule has 21 heavy (non-hydrogen) atoms. The van der Waals surface area contributed by atoms with Crippen molar-refractivity contribution < 1.29 is 14.0 Å². The lowest BCUT2D eigenvalue weighted by Crippen LogP contribution is -2.26. The van der Waals surface area contributed by atoms with Gasteiger partial charge in [0, 0.05) is 18.3 Å². The number of primary amides is 1. The fraction of sp³-hybridized carbons (Fsp3) is 0.200.